The highest BCUT2D eigenvalue weighted by Gasteiger charge is 2.37. The lowest BCUT2D eigenvalue weighted by Crippen LogP contribution is -2.31. The van der Waals surface area contributed by atoms with Crippen molar-refractivity contribution in [2.75, 3.05) is 7.11 Å². The van der Waals surface area contributed by atoms with E-state index in [4.69, 9.17) is 16.3 Å². The van der Waals surface area contributed by atoms with Crippen molar-refractivity contribution in [3.8, 4) is 0 Å². The van der Waals surface area contributed by atoms with Gasteiger partial charge in [0.2, 0.25) is 0 Å². The molecule has 1 aliphatic carbocycles. The maximum Gasteiger partial charge on any atom is 0.316 e. The van der Waals surface area contributed by atoms with E-state index in [9.17, 15) is 9.59 Å². The third-order valence-electron chi connectivity index (χ3n) is 3.74. The first-order valence-corrected chi connectivity index (χ1v) is 6.89. The minimum atomic E-state index is -0.673. The summed E-state index contributed by atoms with van der Waals surface area (Å²) >= 11 is 5.81. The molecule has 4 heteroatoms. The van der Waals surface area contributed by atoms with E-state index in [1.54, 1.807) is 24.3 Å². The highest BCUT2D eigenvalue weighted by atomic mass is 35.5. The molecule has 3 nitrogen and oxygen atoms in total. The fraction of sp³-hybridized carbons (Fsp3) is 0.467. The Morgan fingerprint density at radius 3 is 2.32 bits per heavy atom. The normalized spacial score (nSPS) is 17.2. The average Bonchev–Trinajstić information content (AvgIpc) is 2.93. The number of methoxy groups -OCH3 is 1. The van der Waals surface area contributed by atoms with E-state index in [1.165, 1.54) is 7.11 Å². The zero-order valence-corrected chi connectivity index (χ0v) is 11.7. The number of esters is 1. The lowest BCUT2D eigenvalue weighted by Gasteiger charge is -2.19. The van der Waals surface area contributed by atoms with Crippen LogP contribution in [0.15, 0.2) is 24.3 Å². The Morgan fingerprint density at radius 2 is 1.79 bits per heavy atom. The first-order chi connectivity index (χ1) is 9.13. The summed E-state index contributed by atoms with van der Waals surface area (Å²) in [7, 11) is 1.33. The minimum Gasteiger partial charge on any atom is -0.468 e. The third-order valence-corrected chi connectivity index (χ3v) is 3.99. The van der Waals surface area contributed by atoms with Crippen LogP contribution in [-0.4, -0.2) is 18.9 Å². The van der Waals surface area contributed by atoms with Gasteiger partial charge in [0.1, 0.15) is 5.92 Å². The molecule has 1 aromatic rings. The summed E-state index contributed by atoms with van der Waals surface area (Å²) in [4.78, 5) is 24.4. The van der Waals surface area contributed by atoms with Gasteiger partial charge in [-0.25, -0.2) is 0 Å². The topological polar surface area (TPSA) is 43.4 Å². The van der Waals surface area contributed by atoms with Crippen LogP contribution in [0.4, 0.5) is 0 Å². The van der Waals surface area contributed by atoms with Crippen molar-refractivity contribution < 1.29 is 14.3 Å². The third kappa shape index (κ3) is 3.16. The molecule has 1 aromatic carbocycles. The molecular formula is C15H17ClO3. The molecule has 0 saturated heterocycles. The van der Waals surface area contributed by atoms with Crippen LogP contribution in [0.2, 0.25) is 5.02 Å². The molecule has 1 aliphatic rings. The lowest BCUT2D eigenvalue weighted by molar-refractivity contribution is -0.145. The first kappa shape index (κ1) is 14.1. The number of hydrogen-bond acceptors (Lipinski definition) is 3. The summed E-state index contributed by atoms with van der Waals surface area (Å²) in [6.45, 7) is 0. The van der Waals surface area contributed by atoms with E-state index < -0.39 is 11.9 Å². The Bertz CT molecular complexity index is 461. The first-order valence-electron chi connectivity index (χ1n) is 6.51. The molecule has 0 N–H and O–H groups in total. The number of rotatable bonds is 4. The molecule has 0 spiro atoms. The SMILES string of the molecule is COC(=O)C(C(=O)c1ccc(Cl)cc1)C1CCCC1. The zero-order valence-electron chi connectivity index (χ0n) is 10.9. The van der Waals surface area contributed by atoms with Crippen LogP contribution in [0, 0.1) is 11.8 Å². The van der Waals surface area contributed by atoms with Gasteiger partial charge in [0.15, 0.2) is 5.78 Å². The van der Waals surface area contributed by atoms with Gasteiger partial charge < -0.3 is 4.74 Å². The molecule has 0 aliphatic heterocycles. The molecule has 0 heterocycles. The van der Waals surface area contributed by atoms with E-state index in [2.05, 4.69) is 0 Å². The van der Waals surface area contributed by atoms with Crippen LogP contribution in [0.5, 0.6) is 0 Å². The van der Waals surface area contributed by atoms with Crippen molar-refractivity contribution in [2.45, 2.75) is 25.7 Å². The van der Waals surface area contributed by atoms with Gasteiger partial charge in [-0.3, -0.25) is 9.59 Å². The molecule has 1 fully saturated rings. The van der Waals surface area contributed by atoms with Crippen LogP contribution in [-0.2, 0) is 9.53 Å². The quantitative estimate of drug-likeness (QED) is 0.482. The molecule has 0 radical (unpaired) electrons. The Morgan fingerprint density at radius 1 is 1.21 bits per heavy atom. The van der Waals surface area contributed by atoms with Crippen molar-refractivity contribution in [2.24, 2.45) is 11.8 Å². The van der Waals surface area contributed by atoms with Crippen molar-refractivity contribution in [3.63, 3.8) is 0 Å². The van der Waals surface area contributed by atoms with Gasteiger partial charge in [-0.05, 0) is 43.0 Å². The van der Waals surface area contributed by atoms with E-state index in [0.717, 1.165) is 25.7 Å². The van der Waals surface area contributed by atoms with E-state index in [1.807, 2.05) is 0 Å². The predicted molar refractivity (Wildman–Crippen MR) is 73.2 cm³/mol. The van der Waals surface area contributed by atoms with Gasteiger partial charge in [0, 0.05) is 10.6 Å². The lowest BCUT2D eigenvalue weighted by atomic mass is 9.84. The van der Waals surface area contributed by atoms with Crippen molar-refractivity contribution >= 4 is 23.4 Å². The van der Waals surface area contributed by atoms with Gasteiger partial charge in [-0.2, -0.15) is 0 Å². The summed E-state index contributed by atoms with van der Waals surface area (Å²) in [5.74, 6) is -1.15. The predicted octanol–water partition coefficient (Wildman–Crippen LogP) is 3.50. The Hall–Kier alpha value is -1.35. The van der Waals surface area contributed by atoms with Gasteiger partial charge >= 0.3 is 5.97 Å². The van der Waals surface area contributed by atoms with Gasteiger partial charge in [-0.1, -0.05) is 24.4 Å². The van der Waals surface area contributed by atoms with Crippen LogP contribution >= 0.6 is 11.6 Å². The van der Waals surface area contributed by atoms with Crippen molar-refractivity contribution in [1.29, 1.82) is 0 Å². The number of ketones is 1. The monoisotopic (exact) mass is 280 g/mol. The van der Waals surface area contributed by atoms with Crippen LogP contribution < -0.4 is 0 Å². The Labute approximate surface area is 117 Å². The molecule has 0 bridgehead atoms. The van der Waals surface area contributed by atoms with Crippen LogP contribution in [0.3, 0.4) is 0 Å². The van der Waals surface area contributed by atoms with Gasteiger partial charge in [0.05, 0.1) is 7.11 Å². The number of benzene rings is 1. The molecule has 19 heavy (non-hydrogen) atoms. The largest absolute Gasteiger partial charge is 0.468 e. The maximum atomic E-state index is 12.5. The Balaban J connectivity index is 2.24. The minimum absolute atomic E-state index is 0.107. The summed E-state index contributed by atoms with van der Waals surface area (Å²) in [5, 5.41) is 0.576. The van der Waals surface area contributed by atoms with Crippen LogP contribution in [0.25, 0.3) is 0 Å². The summed E-state index contributed by atoms with van der Waals surface area (Å²) in [6.07, 6.45) is 3.98. The van der Waals surface area contributed by atoms with Gasteiger partial charge in [-0.15, -0.1) is 0 Å². The molecule has 1 unspecified atom stereocenters. The van der Waals surface area contributed by atoms with Gasteiger partial charge in [0.25, 0.3) is 0 Å². The molecule has 1 atom stereocenters. The molecule has 0 amide bonds. The van der Waals surface area contributed by atoms with Crippen molar-refractivity contribution in [3.05, 3.63) is 34.9 Å². The molecule has 102 valence electrons. The molecule has 1 saturated carbocycles. The number of hydrogen-bond donors (Lipinski definition) is 0. The molecule has 0 aromatic heterocycles. The van der Waals surface area contributed by atoms with E-state index in [-0.39, 0.29) is 11.7 Å². The smallest absolute Gasteiger partial charge is 0.316 e. The summed E-state index contributed by atoms with van der Waals surface area (Å²) in [5.41, 5.74) is 0.520. The number of carbonyl (C=O) groups is 2. The number of Topliss-reactive ketones (excluding diaryl/α,β-unsaturated/α-hetero) is 1. The number of ether oxygens (including phenoxy) is 1. The summed E-state index contributed by atoms with van der Waals surface area (Å²) in [6, 6.07) is 6.65. The number of halogens is 1. The second-order valence-corrected chi connectivity index (χ2v) is 5.35. The Kier molecular flexibility index (Phi) is 4.59. The fourth-order valence-electron chi connectivity index (χ4n) is 2.72. The second-order valence-electron chi connectivity index (χ2n) is 4.92. The second kappa shape index (κ2) is 6.20. The molecular weight excluding hydrogens is 264 g/mol. The number of carbonyl (C=O) groups excluding carboxylic acids is 2. The average molecular weight is 281 g/mol. The summed E-state index contributed by atoms with van der Waals surface area (Å²) < 4.78 is 4.81. The fourth-order valence-corrected chi connectivity index (χ4v) is 2.85. The standard InChI is InChI=1S/C15H17ClO3/c1-19-15(18)13(10-4-2-3-5-10)14(17)11-6-8-12(16)9-7-11/h6-10,13H,2-5H2,1H3. The van der Waals surface area contributed by atoms with E-state index in [0.29, 0.717) is 10.6 Å². The highest BCUT2D eigenvalue weighted by Crippen LogP contribution is 2.34. The maximum absolute atomic E-state index is 12.5. The van der Waals surface area contributed by atoms with Crippen molar-refractivity contribution in [1.82, 2.24) is 0 Å². The molecule has 2 rings (SSSR count). The zero-order chi connectivity index (χ0) is 13.8. The van der Waals surface area contributed by atoms with E-state index >= 15 is 0 Å². The van der Waals surface area contributed by atoms with Crippen LogP contribution in [0.1, 0.15) is 36.0 Å². The highest BCUT2D eigenvalue weighted by molar-refractivity contribution is 6.30.